The van der Waals surface area contributed by atoms with Gasteiger partial charge in [0.25, 0.3) is 0 Å². The lowest BCUT2D eigenvalue weighted by Gasteiger charge is -2.42. The number of ether oxygens (including phenoxy) is 2. The van der Waals surface area contributed by atoms with Gasteiger partial charge in [0.15, 0.2) is 0 Å². The number of fused-ring (bicyclic) bond motifs is 3. The number of amides is 1. The SMILES string of the molecule is COc1ncc2c(N3CC4CCC(C3)N4C(=O)OC(C)(C)C)ccc(C(=O)O)c2n1. The highest BCUT2D eigenvalue weighted by Gasteiger charge is 2.44. The Morgan fingerprint density at radius 3 is 2.40 bits per heavy atom. The number of carboxylic acid groups (broad SMARTS) is 1. The van der Waals surface area contributed by atoms with Crippen molar-refractivity contribution in [2.45, 2.75) is 51.3 Å². The minimum Gasteiger partial charge on any atom is -0.478 e. The number of methoxy groups -OCH3 is 1. The van der Waals surface area contributed by atoms with Gasteiger partial charge in [0.05, 0.1) is 30.3 Å². The number of carboxylic acids is 1. The zero-order chi connectivity index (χ0) is 21.6. The lowest BCUT2D eigenvalue weighted by Crippen LogP contribution is -2.56. The van der Waals surface area contributed by atoms with Gasteiger partial charge >= 0.3 is 18.1 Å². The Kier molecular flexibility index (Phi) is 4.91. The van der Waals surface area contributed by atoms with E-state index in [1.165, 1.54) is 7.11 Å². The number of nitrogens with zero attached hydrogens (tertiary/aromatic N) is 4. The minimum atomic E-state index is -1.05. The monoisotopic (exact) mass is 414 g/mol. The van der Waals surface area contributed by atoms with Gasteiger partial charge in [-0.1, -0.05) is 0 Å². The van der Waals surface area contributed by atoms with Crippen LogP contribution >= 0.6 is 0 Å². The third-order valence-corrected chi connectivity index (χ3v) is 5.55. The van der Waals surface area contributed by atoms with Gasteiger partial charge in [-0.3, -0.25) is 4.90 Å². The summed E-state index contributed by atoms with van der Waals surface area (Å²) >= 11 is 0. The number of benzene rings is 1. The predicted molar refractivity (Wildman–Crippen MR) is 110 cm³/mol. The summed E-state index contributed by atoms with van der Waals surface area (Å²) in [6, 6.07) is 3.58. The molecule has 2 atom stereocenters. The molecule has 0 spiro atoms. The minimum absolute atomic E-state index is 0.0481. The molecule has 1 N–H and O–H groups in total. The predicted octanol–water partition coefficient (Wildman–Crippen LogP) is 2.92. The molecule has 9 heteroatoms. The van der Waals surface area contributed by atoms with Gasteiger partial charge in [0, 0.05) is 30.4 Å². The Morgan fingerprint density at radius 1 is 1.17 bits per heavy atom. The third kappa shape index (κ3) is 3.59. The molecular weight excluding hydrogens is 388 g/mol. The second kappa shape index (κ2) is 7.30. The van der Waals surface area contributed by atoms with Crippen molar-refractivity contribution in [1.29, 1.82) is 0 Å². The summed E-state index contributed by atoms with van der Waals surface area (Å²) < 4.78 is 10.7. The molecule has 0 radical (unpaired) electrons. The topological polar surface area (TPSA) is 105 Å². The van der Waals surface area contributed by atoms with Crippen molar-refractivity contribution in [2.75, 3.05) is 25.1 Å². The quantitative estimate of drug-likeness (QED) is 0.817. The molecule has 160 valence electrons. The Hall–Kier alpha value is -3.10. The van der Waals surface area contributed by atoms with Gasteiger partial charge in [-0.2, -0.15) is 4.98 Å². The van der Waals surface area contributed by atoms with Crippen LogP contribution in [0, 0.1) is 0 Å². The average molecular weight is 414 g/mol. The largest absolute Gasteiger partial charge is 0.478 e. The summed E-state index contributed by atoms with van der Waals surface area (Å²) in [5.41, 5.74) is 0.768. The fourth-order valence-corrected chi connectivity index (χ4v) is 4.35. The molecule has 30 heavy (non-hydrogen) atoms. The van der Waals surface area contributed by atoms with Crippen molar-refractivity contribution in [2.24, 2.45) is 0 Å². The van der Waals surface area contributed by atoms with Gasteiger partial charge in [-0.05, 0) is 45.7 Å². The smallest absolute Gasteiger partial charge is 0.410 e. The maximum Gasteiger partial charge on any atom is 0.410 e. The maximum atomic E-state index is 12.7. The number of carbonyl (C=O) groups is 2. The molecule has 9 nitrogen and oxygen atoms in total. The molecule has 2 aliphatic rings. The fourth-order valence-electron chi connectivity index (χ4n) is 4.35. The van der Waals surface area contributed by atoms with Crippen molar-refractivity contribution in [3.63, 3.8) is 0 Å². The fraction of sp³-hybridized carbons (Fsp3) is 0.524. The van der Waals surface area contributed by atoms with E-state index in [4.69, 9.17) is 9.47 Å². The molecule has 2 saturated heterocycles. The van der Waals surface area contributed by atoms with E-state index in [2.05, 4.69) is 14.9 Å². The maximum absolute atomic E-state index is 12.7. The van der Waals surface area contributed by atoms with Crippen LogP contribution in [-0.4, -0.2) is 69.9 Å². The lowest BCUT2D eigenvalue weighted by molar-refractivity contribution is 0.0123. The molecule has 2 fully saturated rings. The number of hydrogen-bond donors (Lipinski definition) is 1. The number of carbonyl (C=O) groups excluding carboxylic acids is 1. The molecule has 2 aromatic rings. The van der Waals surface area contributed by atoms with Crippen LogP contribution in [-0.2, 0) is 4.74 Å². The molecular formula is C21H26N4O5. The van der Waals surface area contributed by atoms with Crippen LogP contribution < -0.4 is 9.64 Å². The van der Waals surface area contributed by atoms with Gasteiger partial charge in [-0.15, -0.1) is 0 Å². The highest BCUT2D eigenvalue weighted by Crippen LogP contribution is 2.37. The van der Waals surface area contributed by atoms with E-state index in [0.29, 0.717) is 24.0 Å². The Morgan fingerprint density at radius 2 is 1.83 bits per heavy atom. The molecule has 1 aromatic carbocycles. The second-order valence-electron chi connectivity index (χ2n) is 8.73. The number of rotatable bonds is 3. The summed E-state index contributed by atoms with van der Waals surface area (Å²) in [7, 11) is 1.44. The zero-order valence-electron chi connectivity index (χ0n) is 17.6. The van der Waals surface area contributed by atoms with E-state index < -0.39 is 11.6 Å². The van der Waals surface area contributed by atoms with Crippen molar-refractivity contribution in [3.05, 3.63) is 23.9 Å². The van der Waals surface area contributed by atoms with Crippen LogP contribution in [0.5, 0.6) is 6.01 Å². The van der Waals surface area contributed by atoms with E-state index in [1.807, 2.05) is 25.7 Å². The first-order chi connectivity index (χ1) is 14.2. The van der Waals surface area contributed by atoms with Gasteiger partial charge < -0.3 is 19.5 Å². The van der Waals surface area contributed by atoms with E-state index in [-0.39, 0.29) is 29.8 Å². The van der Waals surface area contributed by atoms with Crippen LogP contribution in [0.1, 0.15) is 44.0 Å². The summed E-state index contributed by atoms with van der Waals surface area (Å²) in [5.74, 6) is -1.05. The number of anilines is 1. The Bertz CT molecular complexity index is 989. The Labute approximate surface area is 174 Å². The summed E-state index contributed by atoms with van der Waals surface area (Å²) in [6.07, 6.45) is 3.16. The Balaban J connectivity index is 1.66. The first-order valence-electron chi connectivity index (χ1n) is 10.0. The van der Waals surface area contributed by atoms with Crippen LogP contribution in [0.4, 0.5) is 10.5 Å². The normalized spacial score (nSPS) is 21.1. The van der Waals surface area contributed by atoms with Crippen LogP contribution in [0.3, 0.4) is 0 Å². The van der Waals surface area contributed by atoms with Crippen molar-refractivity contribution in [3.8, 4) is 6.01 Å². The first kappa shape index (κ1) is 20.2. The number of aromatic carboxylic acids is 1. The highest BCUT2D eigenvalue weighted by molar-refractivity contribution is 6.06. The van der Waals surface area contributed by atoms with Crippen LogP contribution in [0.25, 0.3) is 10.9 Å². The lowest BCUT2D eigenvalue weighted by atomic mass is 10.1. The molecule has 2 bridgehead atoms. The zero-order valence-corrected chi connectivity index (χ0v) is 17.6. The molecule has 2 aliphatic heterocycles. The molecule has 0 saturated carbocycles. The third-order valence-electron chi connectivity index (χ3n) is 5.55. The standard InChI is InChI=1S/C21H26N4O5/c1-21(2,3)30-20(28)25-12-5-6-13(25)11-24(10-12)16-8-7-14(18(26)27)17-15(16)9-22-19(23-17)29-4/h7-9,12-13H,5-6,10-11H2,1-4H3,(H,26,27). The average Bonchev–Trinajstić information content (AvgIpc) is 2.95. The molecule has 0 aliphatic carbocycles. The van der Waals surface area contributed by atoms with E-state index in [9.17, 15) is 14.7 Å². The van der Waals surface area contributed by atoms with E-state index in [1.54, 1.807) is 18.3 Å². The second-order valence-corrected chi connectivity index (χ2v) is 8.73. The molecule has 1 aromatic heterocycles. The van der Waals surface area contributed by atoms with Crippen molar-refractivity contribution >= 4 is 28.7 Å². The van der Waals surface area contributed by atoms with Gasteiger partial charge in [0.2, 0.25) is 0 Å². The van der Waals surface area contributed by atoms with Crippen molar-refractivity contribution < 1.29 is 24.2 Å². The van der Waals surface area contributed by atoms with Crippen LogP contribution in [0.15, 0.2) is 18.3 Å². The van der Waals surface area contributed by atoms with E-state index in [0.717, 1.165) is 18.5 Å². The first-order valence-corrected chi connectivity index (χ1v) is 10.0. The number of piperazine rings is 1. The summed E-state index contributed by atoms with van der Waals surface area (Å²) in [4.78, 5) is 36.9. The summed E-state index contributed by atoms with van der Waals surface area (Å²) in [6.45, 7) is 6.89. The van der Waals surface area contributed by atoms with E-state index >= 15 is 0 Å². The number of hydrogen-bond acceptors (Lipinski definition) is 7. The highest BCUT2D eigenvalue weighted by atomic mass is 16.6. The van der Waals surface area contributed by atoms with Crippen molar-refractivity contribution in [1.82, 2.24) is 14.9 Å². The van der Waals surface area contributed by atoms with Crippen LogP contribution in [0.2, 0.25) is 0 Å². The van der Waals surface area contributed by atoms with Gasteiger partial charge in [-0.25, -0.2) is 14.6 Å². The van der Waals surface area contributed by atoms with Gasteiger partial charge in [0.1, 0.15) is 5.60 Å². The molecule has 1 amide bonds. The summed E-state index contributed by atoms with van der Waals surface area (Å²) in [5, 5.41) is 10.2. The molecule has 2 unspecified atom stereocenters. The molecule has 3 heterocycles. The number of aromatic nitrogens is 2. The molecule has 4 rings (SSSR count).